The summed E-state index contributed by atoms with van der Waals surface area (Å²) in [7, 11) is 0. The van der Waals surface area contributed by atoms with Crippen molar-refractivity contribution in [2.45, 2.75) is 32.1 Å². The molecule has 4 rings (SSSR count). The lowest BCUT2D eigenvalue weighted by Crippen LogP contribution is -2.46. The number of pyridine rings is 1. The summed E-state index contributed by atoms with van der Waals surface area (Å²) in [4.78, 5) is 21.7. The average molecular weight is 341 g/mol. The van der Waals surface area contributed by atoms with Crippen LogP contribution in [0.5, 0.6) is 0 Å². The number of ether oxygens (including phenoxy) is 1. The van der Waals surface area contributed by atoms with E-state index in [-0.39, 0.29) is 5.91 Å². The molecule has 0 aromatic carbocycles. The van der Waals surface area contributed by atoms with Crippen molar-refractivity contribution < 1.29 is 9.53 Å². The molecule has 2 aliphatic heterocycles. The number of aromatic nitrogens is 1. The first kappa shape index (κ1) is 16.6. The lowest BCUT2D eigenvalue weighted by atomic mass is 9.71. The molecule has 5 heteroatoms. The second-order valence-corrected chi connectivity index (χ2v) is 7.54. The molecule has 2 saturated heterocycles. The Labute approximate surface area is 149 Å². The van der Waals surface area contributed by atoms with E-state index in [1.807, 2.05) is 17.0 Å². The molecule has 5 nitrogen and oxygen atoms in total. The minimum absolute atomic E-state index is 0.0868. The molecule has 0 bridgehead atoms. The second kappa shape index (κ2) is 7.16. The maximum Gasteiger partial charge on any atom is 0.272 e. The van der Waals surface area contributed by atoms with Crippen molar-refractivity contribution in [3.05, 3.63) is 36.2 Å². The van der Waals surface area contributed by atoms with Crippen LogP contribution in [0.4, 0.5) is 5.69 Å². The predicted octanol–water partition coefficient (Wildman–Crippen LogP) is 2.88. The molecule has 1 amide bonds. The van der Waals surface area contributed by atoms with Crippen LogP contribution < -0.4 is 4.90 Å². The second-order valence-electron chi connectivity index (χ2n) is 7.54. The fourth-order valence-corrected chi connectivity index (χ4v) is 4.41. The quantitative estimate of drug-likeness (QED) is 0.776. The van der Waals surface area contributed by atoms with Gasteiger partial charge in [-0.05, 0) is 49.7 Å². The minimum atomic E-state index is 0.0868. The van der Waals surface area contributed by atoms with Gasteiger partial charge in [-0.3, -0.25) is 9.78 Å². The number of anilines is 1. The molecule has 2 fully saturated rings. The van der Waals surface area contributed by atoms with E-state index in [4.69, 9.17) is 4.74 Å². The van der Waals surface area contributed by atoms with Crippen molar-refractivity contribution in [3.8, 4) is 0 Å². The first-order chi connectivity index (χ1) is 12.3. The molecule has 0 unspecified atom stereocenters. The molecule has 1 aromatic rings. The summed E-state index contributed by atoms with van der Waals surface area (Å²) in [5.41, 5.74) is 1.95. The fraction of sp³-hybridized carbons (Fsp3) is 0.600. The van der Waals surface area contributed by atoms with Crippen molar-refractivity contribution in [2.24, 2.45) is 5.41 Å². The van der Waals surface area contributed by atoms with Crippen LogP contribution in [0.2, 0.25) is 0 Å². The molecular weight excluding hydrogens is 314 g/mol. The van der Waals surface area contributed by atoms with E-state index < -0.39 is 0 Å². The molecular formula is C20H27N3O2. The SMILES string of the molecule is O=C(c1cc(N2CCOCC2)ccn1)N1CCC[C@]2(CC=CCC2)C1. The van der Waals surface area contributed by atoms with Crippen molar-refractivity contribution >= 4 is 11.6 Å². The Balaban J connectivity index is 1.49. The Morgan fingerprint density at radius 3 is 2.84 bits per heavy atom. The Morgan fingerprint density at radius 2 is 2.04 bits per heavy atom. The van der Waals surface area contributed by atoms with Gasteiger partial charge in [-0.1, -0.05) is 12.2 Å². The van der Waals surface area contributed by atoms with Gasteiger partial charge in [-0.15, -0.1) is 0 Å². The van der Waals surface area contributed by atoms with Gasteiger partial charge in [0.15, 0.2) is 0 Å². The van der Waals surface area contributed by atoms with Crippen LogP contribution in [0.15, 0.2) is 30.5 Å². The maximum absolute atomic E-state index is 13.1. The number of nitrogens with zero attached hydrogens (tertiary/aromatic N) is 3. The molecule has 3 heterocycles. The smallest absolute Gasteiger partial charge is 0.272 e. The van der Waals surface area contributed by atoms with Gasteiger partial charge in [-0.2, -0.15) is 0 Å². The third kappa shape index (κ3) is 3.56. The Morgan fingerprint density at radius 1 is 1.16 bits per heavy atom. The van der Waals surface area contributed by atoms with Crippen LogP contribution >= 0.6 is 0 Å². The zero-order valence-corrected chi connectivity index (χ0v) is 14.8. The number of hydrogen-bond acceptors (Lipinski definition) is 4. The lowest BCUT2D eigenvalue weighted by molar-refractivity contribution is 0.0479. The summed E-state index contributed by atoms with van der Waals surface area (Å²) >= 11 is 0. The number of hydrogen-bond donors (Lipinski definition) is 0. The van der Waals surface area contributed by atoms with Crippen LogP contribution in [-0.2, 0) is 4.74 Å². The standard InChI is InChI=1S/C20H27N3O2/c24-19(23-10-4-8-20(16-23)6-2-1-3-7-20)18-15-17(5-9-21-18)22-11-13-25-14-12-22/h1-2,5,9,15H,3-4,6-8,10-14,16H2/t20-/m1/s1. The number of rotatable bonds is 2. The van der Waals surface area contributed by atoms with Crippen molar-refractivity contribution in [1.29, 1.82) is 0 Å². The third-order valence-corrected chi connectivity index (χ3v) is 5.85. The third-order valence-electron chi connectivity index (χ3n) is 5.85. The Kier molecular flexibility index (Phi) is 4.75. The number of carbonyl (C=O) groups excluding carboxylic acids is 1. The summed E-state index contributed by atoms with van der Waals surface area (Å²) in [6.45, 7) is 4.96. The molecule has 0 saturated carbocycles. The van der Waals surface area contributed by atoms with Gasteiger partial charge in [0.05, 0.1) is 13.2 Å². The fourth-order valence-electron chi connectivity index (χ4n) is 4.41. The van der Waals surface area contributed by atoms with Gasteiger partial charge in [-0.25, -0.2) is 0 Å². The van der Waals surface area contributed by atoms with Gasteiger partial charge in [0.2, 0.25) is 0 Å². The van der Waals surface area contributed by atoms with E-state index >= 15 is 0 Å². The highest BCUT2D eigenvalue weighted by Gasteiger charge is 2.37. The highest BCUT2D eigenvalue weighted by molar-refractivity contribution is 5.93. The Hall–Kier alpha value is -1.88. The molecule has 1 atom stereocenters. The number of carbonyl (C=O) groups is 1. The monoisotopic (exact) mass is 341 g/mol. The highest BCUT2D eigenvalue weighted by atomic mass is 16.5. The highest BCUT2D eigenvalue weighted by Crippen LogP contribution is 2.41. The van der Waals surface area contributed by atoms with Gasteiger partial charge >= 0.3 is 0 Å². The van der Waals surface area contributed by atoms with E-state index in [1.165, 1.54) is 12.8 Å². The largest absolute Gasteiger partial charge is 0.378 e. The topological polar surface area (TPSA) is 45.7 Å². The van der Waals surface area contributed by atoms with Crippen LogP contribution in [0.25, 0.3) is 0 Å². The van der Waals surface area contributed by atoms with Crippen LogP contribution in [0, 0.1) is 5.41 Å². The van der Waals surface area contributed by atoms with Gasteiger partial charge in [0.25, 0.3) is 5.91 Å². The molecule has 134 valence electrons. The summed E-state index contributed by atoms with van der Waals surface area (Å²) in [6.07, 6.45) is 12.1. The molecule has 1 aromatic heterocycles. The molecule has 1 spiro atoms. The zero-order valence-electron chi connectivity index (χ0n) is 14.8. The number of morpholine rings is 1. The van der Waals surface area contributed by atoms with E-state index in [2.05, 4.69) is 22.0 Å². The van der Waals surface area contributed by atoms with Crippen molar-refractivity contribution in [3.63, 3.8) is 0 Å². The van der Waals surface area contributed by atoms with E-state index in [0.717, 1.165) is 64.3 Å². The van der Waals surface area contributed by atoms with E-state index in [1.54, 1.807) is 6.20 Å². The molecule has 0 radical (unpaired) electrons. The zero-order chi connectivity index (χ0) is 17.1. The summed E-state index contributed by atoms with van der Waals surface area (Å²) in [5.74, 6) is 0.0868. The first-order valence-electron chi connectivity index (χ1n) is 9.49. The number of amides is 1. The lowest BCUT2D eigenvalue weighted by Gasteiger charge is -2.43. The van der Waals surface area contributed by atoms with Crippen molar-refractivity contribution in [2.75, 3.05) is 44.3 Å². The van der Waals surface area contributed by atoms with Crippen LogP contribution in [0.1, 0.15) is 42.6 Å². The van der Waals surface area contributed by atoms with E-state index in [9.17, 15) is 4.79 Å². The first-order valence-corrected chi connectivity index (χ1v) is 9.49. The van der Waals surface area contributed by atoms with Gasteiger partial charge < -0.3 is 14.5 Å². The number of allylic oxidation sites excluding steroid dienone is 2. The minimum Gasteiger partial charge on any atom is -0.378 e. The summed E-state index contributed by atoms with van der Waals surface area (Å²) in [6, 6.07) is 3.95. The van der Waals surface area contributed by atoms with Crippen LogP contribution in [-0.4, -0.2) is 55.2 Å². The average Bonchev–Trinajstić information content (AvgIpc) is 2.69. The number of likely N-dealkylation sites (tertiary alicyclic amines) is 1. The molecule has 1 aliphatic carbocycles. The molecule has 3 aliphatic rings. The van der Waals surface area contributed by atoms with Crippen molar-refractivity contribution in [1.82, 2.24) is 9.88 Å². The number of piperidine rings is 1. The molecule has 25 heavy (non-hydrogen) atoms. The molecule has 0 N–H and O–H groups in total. The van der Waals surface area contributed by atoms with Gasteiger partial charge in [0.1, 0.15) is 5.69 Å². The normalized spacial score (nSPS) is 26.9. The van der Waals surface area contributed by atoms with Gasteiger partial charge in [0, 0.05) is 38.1 Å². The Bertz CT molecular complexity index is 654. The predicted molar refractivity (Wildman–Crippen MR) is 97.8 cm³/mol. The van der Waals surface area contributed by atoms with Crippen LogP contribution in [0.3, 0.4) is 0 Å². The maximum atomic E-state index is 13.1. The summed E-state index contributed by atoms with van der Waals surface area (Å²) in [5, 5.41) is 0. The van der Waals surface area contributed by atoms with E-state index in [0.29, 0.717) is 11.1 Å². The summed E-state index contributed by atoms with van der Waals surface area (Å²) < 4.78 is 5.42.